The molecular weight excluding hydrogens is 262 g/mol. The zero-order chi connectivity index (χ0) is 14.5. The van der Waals surface area contributed by atoms with Gasteiger partial charge in [0.15, 0.2) is 5.75 Å². The Morgan fingerprint density at radius 2 is 1.76 bits per heavy atom. The summed E-state index contributed by atoms with van der Waals surface area (Å²) in [5, 5.41) is 9.99. The summed E-state index contributed by atoms with van der Waals surface area (Å²) in [6.07, 6.45) is 1.85. The molecule has 2 aromatic carbocycles. The number of furan rings is 1. The summed E-state index contributed by atoms with van der Waals surface area (Å²) in [6, 6.07) is 19.9. The first-order chi connectivity index (χ1) is 10.4. The van der Waals surface area contributed by atoms with Crippen molar-refractivity contribution in [2.45, 2.75) is 12.8 Å². The van der Waals surface area contributed by atoms with Crippen molar-refractivity contribution in [1.82, 2.24) is 0 Å². The third-order valence-electron chi connectivity index (χ3n) is 3.35. The second-order valence-corrected chi connectivity index (χ2v) is 4.81. The highest BCUT2D eigenvalue weighted by molar-refractivity contribution is 5.86. The molecule has 3 rings (SSSR count). The Hall–Kier alpha value is -2.73. The zero-order valence-corrected chi connectivity index (χ0v) is 11.6. The summed E-state index contributed by atoms with van der Waals surface area (Å²) in [4.78, 5) is 0. The fourth-order valence-electron chi connectivity index (χ4n) is 2.33. The van der Waals surface area contributed by atoms with Crippen LogP contribution in [0.5, 0.6) is 5.75 Å². The molecule has 0 radical (unpaired) electrons. The molecule has 0 saturated carbocycles. The smallest absolute Gasteiger partial charge is 0.246 e. The number of para-hydroxylation sites is 1. The lowest BCUT2D eigenvalue weighted by atomic mass is 10.1. The van der Waals surface area contributed by atoms with Gasteiger partial charge in [0.05, 0.1) is 12.0 Å². The Labute approximate surface area is 123 Å². The average molecular weight is 277 g/mol. The molecule has 0 unspecified atom stereocenters. The molecule has 1 heterocycles. The van der Waals surface area contributed by atoms with Crippen LogP contribution < -0.4 is 4.74 Å². The topological polar surface area (TPSA) is 46.2 Å². The third kappa shape index (κ3) is 2.90. The number of rotatable bonds is 5. The van der Waals surface area contributed by atoms with E-state index < -0.39 is 0 Å². The number of hydrogen-bond acceptors (Lipinski definition) is 3. The van der Waals surface area contributed by atoms with Crippen LogP contribution in [0.15, 0.2) is 59.0 Å². The highest BCUT2D eigenvalue weighted by atomic mass is 16.5. The molecule has 0 amide bonds. The highest BCUT2D eigenvalue weighted by Crippen LogP contribution is 2.32. The summed E-state index contributed by atoms with van der Waals surface area (Å²) in [7, 11) is 0. The number of aryl methyl sites for hydroxylation is 1. The van der Waals surface area contributed by atoms with E-state index in [1.807, 2.05) is 42.5 Å². The predicted molar refractivity (Wildman–Crippen MR) is 81.2 cm³/mol. The number of benzene rings is 2. The largest absolute Gasteiger partial charge is 0.488 e. The Morgan fingerprint density at radius 1 is 1.00 bits per heavy atom. The van der Waals surface area contributed by atoms with Gasteiger partial charge in [-0.1, -0.05) is 42.5 Å². The van der Waals surface area contributed by atoms with Gasteiger partial charge in [-0.15, -0.1) is 0 Å². The van der Waals surface area contributed by atoms with Crippen LogP contribution in [0.1, 0.15) is 17.7 Å². The first kappa shape index (κ1) is 13.3. The van der Waals surface area contributed by atoms with Crippen LogP contribution in [-0.4, -0.2) is 6.61 Å². The first-order valence-electron chi connectivity index (χ1n) is 6.97. The van der Waals surface area contributed by atoms with Gasteiger partial charge in [-0.2, -0.15) is 5.26 Å². The van der Waals surface area contributed by atoms with Crippen molar-refractivity contribution in [3.05, 3.63) is 65.9 Å². The molecule has 0 aliphatic heterocycles. The Balaban J connectivity index is 1.67. The maximum Gasteiger partial charge on any atom is 0.246 e. The van der Waals surface area contributed by atoms with Crippen molar-refractivity contribution < 1.29 is 9.15 Å². The molecule has 0 N–H and O–H groups in total. The summed E-state index contributed by atoms with van der Waals surface area (Å²) >= 11 is 0. The van der Waals surface area contributed by atoms with Crippen molar-refractivity contribution in [3.8, 4) is 11.8 Å². The van der Waals surface area contributed by atoms with E-state index in [1.54, 1.807) is 0 Å². The average Bonchev–Trinajstić information content (AvgIpc) is 2.90. The van der Waals surface area contributed by atoms with Crippen LogP contribution in [-0.2, 0) is 6.42 Å². The van der Waals surface area contributed by atoms with Crippen molar-refractivity contribution in [1.29, 1.82) is 5.26 Å². The molecule has 0 spiro atoms. The lowest BCUT2D eigenvalue weighted by Gasteiger charge is -2.05. The summed E-state index contributed by atoms with van der Waals surface area (Å²) in [6.45, 7) is 0.563. The molecule has 0 aliphatic rings. The van der Waals surface area contributed by atoms with Gasteiger partial charge >= 0.3 is 0 Å². The van der Waals surface area contributed by atoms with E-state index in [9.17, 15) is 0 Å². The maximum atomic E-state index is 9.13. The van der Waals surface area contributed by atoms with Crippen LogP contribution in [0.3, 0.4) is 0 Å². The quantitative estimate of drug-likeness (QED) is 0.652. The molecule has 3 aromatic rings. The Morgan fingerprint density at radius 3 is 2.57 bits per heavy atom. The number of nitriles is 1. The predicted octanol–water partition coefficient (Wildman–Crippen LogP) is 4.32. The summed E-state index contributed by atoms with van der Waals surface area (Å²) in [5.74, 6) is 0.803. The fraction of sp³-hybridized carbons (Fsp3) is 0.167. The minimum absolute atomic E-state index is 0.246. The normalized spacial score (nSPS) is 10.4. The highest BCUT2D eigenvalue weighted by Gasteiger charge is 2.14. The van der Waals surface area contributed by atoms with Crippen molar-refractivity contribution in [2.75, 3.05) is 6.61 Å². The Bertz CT molecular complexity index is 769. The van der Waals surface area contributed by atoms with E-state index in [2.05, 4.69) is 18.2 Å². The van der Waals surface area contributed by atoms with E-state index in [-0.39, 0.29) is 5.76 Å². The van der Waals surface area contributed by atoms with Crippen molar-refractivity contribution >= 4 is 11.0 Å². The minimum atomic E-state index is 0.246. The molecule has 3 heteroatoms. The second-order valence-electron chi connectivity index (χ2n) is 4.81. The maximum absolute atomic E-state index is 9.13. The molecule has 3 nitrogen and oxygen atoms in total. The fourth-order valence-corrected chi connectivity index (χ4v) is 2.33. The van der Waals surface area contributed by atoms with E-state index in [0.29, 0.717) is 17.9 Å². The number of ether oxygens (including phenoxy) is 1. The molecule has 0 fully saturated rings. The SMILES string of the molecule is N#Cc1oc2ccccc2c1OCCCc1ccccc1. The summed E-state index contributed by atoms with van der Waals surface area (Å²) < 4.78 is 11.3. The van der Waals surface area contributed by atoms with Crippen molar-refractivity contribution in [2.24, 2.45) is 0 Å². The molecule has 0 bridgehead atoms. The van der Waals surface area contributed by atoms with Gasteiger partial charge in [0.2, 0.25) is 5.76 Å². The monoisotopic (exact) mass is 277 g/mol. The van der Waals surface area contributed by atoms with Crippen LogP contribution >= 0.6 is 0 Å². The van der Waals surface area contributed by atoms with Gasteiger partial charge in [0, 0.05) is 0 Å². The number of nitrogens with zero attached hydrogens (tertiary/aromatic N) is 1. The molecule has 104 valence electrons. The van der Waals surface area contributed by atoms with Gasteiger partial charge in [-0.3, -0.25) is 0 Å². The number of hydrogen-bond donors (Lipinski definition) is 0. The molecule has 21 heavy (non-hydrogen) atoms. The molecular formula is C18H15NO2. The third-order valence-corrected chi connectivity index (χ3v) is 3.35. The molecule has 0 aliphatic carbocycles. The molecule has 0 atom stereocenters. The number of fused-ring (bicyclic) bond motifs is 1. The standard InChI is InChI=1S/C18H15NO2/c19-13-17-18(15-10-4-5-11-16(15)21-17)20-12-6-9-14-7-2-1-3-8-14/h1-5,7-8,10-11H,6,9,12H2. The van der Waals surface area contributed by atoms with Gasteiger partial charge in [-0.25, -0.2) is 0 Å². The molecule has 1 aromatic heterocycles. The molecule has 0 saturated heterocycles. The van der Waals surface area contributed by atoms with Crippen LogP contribution in [0.4, 0.5) is 0 Å². The van der Waals surface area contributed by atoms with E-state index in [1.165, 1.54) is 5.56 Å². The second kappa shape index (κ2) is 6.15. The van der Waals surface area contributed by atoms with Gasteiger partial charge in [-0.05, 0) is 30.5 Å². The van der Waals surface area contributed by atoms with Crippen molar-refractivity contribution in [3.63, 3.8) is 0 Å². The van der Waals surface area contributed by atoms with Gasteiger partial charge in [0.1, 0.15) is 11.7 Å². The van der Waals surface area contributed by atoms with Crippen LogP contribution in [0.2, 0.25) is 0 Å². The van der Waals surface area contributed by atoms with E-state index in [4.69, 9.17) is 14.4 Å². The first-order valence-corrected chi connectivity index (χ1v) is 6.97. The summed E-state index contributed by atoms with van der Waals surface area (Å²) in [5.41, 5.74) is 1.98. The van der Waals surface area contributed by atoms with Gasteiger partial charge < -0.3 is 9.15 Å². The zero-order valence-electron chi connectivity index (χ0n) is 11.6. The van der Waals surface area contributed by atoms with E-state index in [0.717, 1.165) is 18.2 Å². The lowest BCUT2D eigenvalue weighted by Crippen LogP contribution is -2.00. The van der Waals surface area contributed by atoms with Gasteiger partial charge in [0.25, 0.3) is 0 Å². The minimum Gasteiger partial charge on any atom is -0.488 e. The van der Waals surface area contributed by atoms with Crippen LogP contribution in [0, 0.1) is 11.3 Å². The van der Waals surface area contributed by atoms with E-state index >= 15 is 0 Å². The van der Waals surface area contributed by atoms with Crippen LogP contribution in [0.25, 0.3) is 11.0 Å². The lowest BCUT2D eigenvalue weighted by molar-refractivity contribution is 0.308. The Kier molecular flexibility index (Phi) is 3.88.